The second-order valence-electron chi connectivity index (χ2n) is 6.29. The summed E-state index contributed by atoms with van der Waals surface area (Å²) in [6, 6.07) is 3.05. The summed E-state index contributed by atoms with van der Waals surface area (Å²) in [5.41, 5.74) is 1.36. The Morgan fingerprint density at radius 2 is 2.07 bits per heavy atom. The molecule has 0 saturated carbocycles. The number of carbonyl (C=O) groups is 1. The molecule has 146 valence electrons. The monoisotopic (exact) mass is 398 g/mol. The molecule has 0 fully saturated rings. The molecule has 2 N–H and O–H groups in total. The molecule has 0 aliphatic heterocycles. The van der Waals surface area contributed by atoms with Gasteiger partial charge in [-0.2, -0.15) is 0 Å². The number of hydrogen-bond donors (Lipinski definition) is 2. The van der Waals surface area contributed by atoms with E-state index in [1.54, 1.807) is 18.6 Å². The van der Waals surface area contributed by atoms with Crippen LogP contribution in [-0.2, 0) is 10.0 Å². The van der Waals surface area contributed by atoms with Crippen LogP contribution < -0.4 is 14.8 Å². The van der Waals surface area contributed by atoms with Crippen LogP contribution in [-0.4, -0.2) is 32.7 Å². The third-order valence-electron chi connectivity index (χ3n) is 3.82. The summed E-state index contributed by atoms with van der Waals surface area (Å²) in [6.45, 7) is 5.05. The number of carbonyl (C=O) groups excluding carboxylic acids is 1. The number of methoxy groups -OCH3 is 1. The van der Waals surface area contributed by atoms with Gasteiger partial charge in [0.2, 0.25) is 15.9 Å². The van der Waals surface area contributed by atoms with Crippen molar-refractivity contribution < 1.29 is 26.5 Å². The predicted octanol–water partition coefficient (Wildman–Crippen LogP) is 3.41. The van der Waals surface area contributed by atoms with E-state index >= 15 is 0 Å². The lowest BCUT2D eigenvalue weighted by Gasteiger charge is -2.21. The molecule has 2 amide bonds. The quantitative estimate of drug-likeness (QED) is 0.804. The molecule has 1 heterocycles. The molecule has 0 aliphatic rings. The Balaban J connectivity index is 2.69. The van der Waals surface area contributed by atoms with E-state index in [9.17, 15) is 17.6 Å². The summed E-state index contributed by atoms with van der Waals surface area (Å²) in [6.07, 6.45) is 2.12. The fourth-order valence-corrected chi connectivity index (χ4v) is 3.04. The SMILES string of the molecule is [2H]C([2H])([2H])Oc1cc(-c2c(C)c(F)cc(C(C)C)c2NC(=O)NS(C)(=O)=O)ccn1. The van der Waals surface area contributed by atoms with Crippen molar-refractivity contribution in [1.29, 1.82) is 0 Å². The Morgan fingerprint density at radius 1 is 1.37 bits per heavy atom. The Bertz CT molecular complexity index is 1070. The Labute approximate surface area is 162 Å². The van der Waals surface area contributed by atoms with Crippen molar-refractivity contribution in [2.45, 2.75) is 26.7 Å². The van der Waals surface area contributed by atoms with E-state index in [1.165, 1.54) is 31.3 Å². The first kappa shape index (κ1) is 16.5. The third kappa shape index (κ3) is 4.94. The molecule has 7 nitrogen and oxygen atoms in total. The number of amides is 2. The Kier molecular flexibility index (Phi) is 4.83. The van der Waals surface area contributed by atoms with Crippen molar-refractivity contribution in [3.63, 3.8) is 0 Å². The second kappa shape index (κ2) is 7.91. The highest BCUT2D eigenvalue weighted by Crippen LogP contribution is 2.39. The molecule has 27 heavy (non-hydrogen) atoms. The van der Waals surface area contributed by atoms with E-state index in [0.717, 1.165) is 6.26 Å². The Morgan fingerprint density at radius 3 is 2.67 bits per heavy atom. The molecule has 1 aromatic heterocycles. The minimum atomic E-state index is -3.83. The van der Waals surface area contributed by atoms with Crippen LogP contribution in [0.2, 0.25) is 0 Å². The molecular formula is C18H22FN3O4S. The maximum absolute atomic E-state index is 14.7. The van der Waals surface area contributed by atoms with Crippen LogP contribution in [0.3, 0.4) is 0 Å². The number of anilines is 1. The highest BCUT2D eigenvalue weighted by Gasteiger charge is 2.22. The number of aromatic nitrogens is 1. The van der Waals surface area contributed by atoms with Crippen molar-refractivity contribution in [3.8, 4) is 17.0 Å². The Hall–Kier alpha value is -2.68. The number of rotatable bonds is 5. The summed E-state index contributed by atoms with van der Waals surface area (Å²) in [5, 5.41) is 2.48. The van der Waals surface area contributed by atoms with E-state index in [2.05, 4.69) is 10.3 Å². The molecule has 0 bridgehead atoms. The van der Waals surface area contributed by atoms with E-state index in [-0.39, 0.29) is 28.6 Å². The average Bonchev–Trinajstić information content (AvgIpc) is 2.54. The first-order valence-electron chi connectivity index (χ1n) is 9.45. The maximum Gasteiger partial charge on any atom is 0.332 e. The van der Waals surface area contributed by atoms with Gasteiger partial charge < -0.3 is 10.1 Å². The van der Waals surface area contributed by atoms with Crippen LogP contribution in [0.5, 0.6) is 5.88 Å². The maximum atomic E-state index is 14.7. The topological polar surface area (TPSA) is 97.4 Å². The fourth-order valence-electron chi connectivity index (χ4n) is 2.65. The van der Waals surface area contributed by atoms with E-state index in [1.807, 2.05) is 0 Å². The molecule has 2 rings (SSSR count). The summed E-state index contributed by atoms with van der Waals surface area (Å²) in [5.74, 6) is -0.987. The molecule has 0 atom stereocenters. The molecule has 0 spiro atoms. The normalized spacial score (nSPS) is 13.5. The average molecular weight is 398 g/mol. The lowest BCUT2D eigenvalue weighted by atomic mass is 9.91. The van der Waals surface area contributed by atoms with Gasteiger partial charge in [0, 0.05) is 17.8 Å². The standard InChI is InChI=1S/C18H22FN3O4S/c1-10(2)13-9-14(19)11(3)16(12-6-7-20-15(8-12)26-4)17(13)21-18(23)22-27(5,24)25/h6-10H,1-5H3,(H2,21,22,23)/i4D3. The van der Waals surface area contributed by atoms with Gasteiger partial charge in [0.1, 0.15) is 5.82 Å². The molecule has 9 heteroatoms. The lowest BCUT2D eigenvalue weighted by molar-refractivity contribution is 0.256. The first-order valence-corrected chi connectivity index (χ1v) is 9.84. The molecule has 0 radical (unpaired) electrons. The summed E-state index contributed by atoms with van der Waals surface area (Å²) in [4.78, 5) is 16.1. The van der Waals surface area contributed by atoms with E-state index in [0.29, 0.717) is 11.1 Å². The molecule has 2 aromatic rings. The number of ether oxygens (including phenoxy) is 1. The van der Waals surface area contributed by atoms with Gasteiger partial charge >= 0.3 is 6.03 Å². The van der Waals surface area contributed by atoms with Crippen LogP contribution in [0.1, 0.15) is 35.0 Å². The van der Waals surface area contributed by atoms with Gasteiger partial charge in [-0.25, -0.2) is 27.3 Å². The number of sulfonamides is 1. The van der Waals surface area contributed by atoms with Crippen molar-refractivity contribution in [2.24, 2.45) is 0 Å². The van der Waals surface area contributed by atoms with Gasteiger partial charge in [-0.15, -0.1) is 0 Å². The summed E-state index contributed by atoms with van der Waals surface area (Å²) < 4.78 is 65.7. The van der Waals surface area contributed by atoms with Crippen molar-refractivity contribution >= 4 is 21.7 Å². The van der Waals surface area contributed by atoms with Gasteiger partial charge in [-0.1, -0.05) is 13.8 Å². The van der Waals surface area contributed by atoms with Crippen LogP contribution in [0.4, 0.5) is 14.9 Å². The minimum absolute atomic E-state index is 0.167. The van der Waals surface area contributed by atoms with Gasteiger partial charge in [0.05, 0.1) is 23.1 Å². The minimum Gasteiger partial charge on any atom is -0.481 e. The first-order chi connectivity index (χ1) is 13.7. The van der Waals surface area contributed by atoms with Gasteiger partial charge in [0.25, 0.3) is 0 Å². The number of urea groups is 1. The number of nitrogens with zero attached hydrogens (tertiary/aromatic N) is 1. The second-order valence-corrected chi connectivity index (χ2v) is 8.04. The number of pyridine rings is 1. The number of hydrogen-bond acceptors (Lipinski definition) is 5. The molecule has 0 aliphatic carbocycles. The molecule has 0 saturated heterocycles. The zero-order chi connectivity index (χ0) is 22.9. The predicted molar refractivity (Wildman–Crippen MR) is 102 cm³/mol. The highest BCUT2D eigenvalue weighted by atomic mass is 32.2. The molecular weight excluding hydrogens is 373 g/mol. The largest absolute Gasteiger partial charge is 0.481 e. The molecule has 0 unspecified atom stereocenters. The fraction of sp³-hybridized carbons (Fsp3) is 0.333. The number of benzene rings is 1. The third-order valence-corrected chi connectivity index (χ3v) is 4.38. The van der Waals surface area contributed by atoms with Gasteiger partial charge in [-0.3, -0.25) is 0 Å². The highest BCUT2D eigenvalue weighted by molar-refractivity contribution is 7.89. The van der Waals surface area contributed by atoms with Crippen molar-refractivity contribution in [1.82, 2.24) is 9.71 Å². The number of halogens is 1. The lowest BCUT2D eigenvalue weighted by Crippen LogP contribution is -2.34. The molecule has 1 aromatic carbocycles. The van der Waals surface area contributed by atoms with Crippen LogP contribution in [0, 0.1) is 12.7 Å². The van der Waals surface area contributed by atoms with Crippen molar-refractivity contribution in [2.75, 3.05) is 18.6 Å². The van der Waals surface area contributed by atoms with Crippen LogP contribution >= 0.6 is 0 Å². The van der Waals surface area contributed by atoms with Crippen LogP contribution in [0.15, 0.2) is 24.4 Å². The zero-order valence-electron chi connectivity index (χ0n) is 18.3. The van der Waals surface area contributed by atoms with Crippen LogP contribution in [0.25, 0.3) is 11.1 Å². The smallest absolute Gasteiger partial charge is 0.332 e. The van der Waals surface area contributed by atoms with E-state index < -0.39 is 28.9 Å². The summed E-state index contributed by atoms with van der Waals surface area (Å²) in [7, 11) is -6.56. The zero-order valence-corrected chi connectivity index (χ0v) is 16.1. The summed E-state index contributed by atoms with van der Waals surface area (Å²) >= 11 is 0. The number of nitrogens with one attached hydrogen (secondary N) is 2. The van der Waals surface area contributed by atoms with Gasteiger partial charge in [-0.05, 0) is 41.7 Å². The van der Waals surface area contributed by atoms with Gasteiger partial charge in [0.15, 0.2) is 0 Å². The van der Waals surface area contributed by atoms with E-state index in [4.69, 9.17) is 8.85 Å². The van der Waals surface area contributed by atoms with Crippen molar-refractivity contribution in [3.05, 3.63) is 41.3 Å².